The van der Waals surface area contributed by atoms with Crippen molar-refractivity contribution in [3.05, 3.63) is 59.7 Å². The van der Waals surface area contributed by atoms with E-state index in [1.54, 1.807) is 18.2 Å². The lowest BCUT2D eigenvalue weighted by Gasteiger charge is -2.26. The molecule has 134 valence electrons. The van der Waals surface area contributed by atoms with E-state index >= 15 is 0 Å². The van der Waals surface area contributed by atoms with E-state index in [4.69, 9.17) is 11.1 Å². The van der Waals surface area contributed by atoms with Gasteiger partial charge in [-0.1, -0.05) is 31.2 Å². The van der Waals surface area contributed by atoms with Crippen LogP contribution in [-0.4, -0.2) is 12.1 Å². The highest BCUT2D eigenvalue weighted by molar-refractivity contribution is 6.00. The first-order chi connectivity index (χ1) is 11.6. The molecule has 0 aliphatic carbocycles. The molecule has 3 nitrogen and oxygen atoms in total. The molecule has 2 aromatic carbocycles. The van der Waals surface area contributed by atoms with E-state index in [2.05, 4.69) is 0 Å². The maximum Gasteiger partial charge on any atom is 0.458 e. The van der Waals surface area contributed by atoms with Gasteiger partial charge in [0.2, 0.25) is 0 Å². The van der Waals surface area contributed by atoms with Gasteiger partial charge in [-0.05, 0) is 36.2 Å². The van der Waals surface area contributed by atoms with E-state index in [0.29, 0.717) is 24.2 Å². The number of nitrogens with zero attached hydrogens (tertiary/aromatic N) is 1. The zero-order valence-electron chi connectivity index (χ0n) is 13.2. The molecular formula is C17H16F5N3. The predicted octanol–water partition coefficient (Wildman–Crippen LogP) is 4.93. The maximum atomic E-state index is 13.6. The van der Waals surface area contributed by atoms with Crippen molar-refractivity contribution in [2.45, 2.75) is 25.4 Å². The van der Waals surface area contributed by atoms with Crippen molar-refractivity contribution in [3.63, 3.8) is 0 Å². The lowest BCUT2D eigenvalue weighted by atomic mass is 10.1. The van der Waals surface area contributed by atoms with Gasteiger partial charge in [-0.2, -0.15) is 22.0 Å². The third-order valence-corrected chi connectivity index (χ3v) is 3.64. The Labute approximate surface area is 141 Å². The number of alkyl halides is 5. The first kappa shape index (κ1) is 18.7. The summed E-state index contributed by atoms with van der Waals surface area (Å²) in [5.41, 5.74) is 5.58. The van der Waals surface area contributed by atoms with Gasteiger partial charge < -0.3 is 5.73 Å². The quantitative estimate of drug-likeness (QED) is 0.463. The topological polar surface area (TPSA) is 53.1 Å². The largest absolute Gasteiger partial charge is 0.458 e. The molecule has 0 radical (unpaired) electrons. The molecule has 0 saturated heterocycles. The van der Waals surface area contributed by atoms with Crippen LogP contribution in [-0.2, 0) is 12.3 Å². The number of nitrogens with one attached hydrogen (secondary N) is 1. The molecule has 8 heteroatoms. The van der Waals surface area contributed by atoms with Gasteiger partial charge in [-0.15, -0.1) is 0 Å². The van der Waals surface area contributed by atoms with E-state index in [0.717, 1.165) is 16.5 Å². The minimum Gasteiger partial charge on any atom is -0.369 e. The SMILES string of the molecule is CCc1cccc(N(C(=N)N)c2cccc(C(F)(F)C(F)(F)F)c2)c1. The van der Waals surface area contributed by atoms with Gasteiger partial charge in [0.1, 0.15) is 0 Å². The Morgan fingerprint density at radius 1 is 1.00 bits per heavy atom. The Balaban J connectivity index is 2.54. The summed E-state index contributed by atoms with van der Waals surface area (Å²) in [6, 6.07) is 10.6. The standard InChI is InChI=1S/C17H16F5N3/c1-2-11-5-3-7-13(9-11)25(15(23)24)14-8-4-6-12(10-14)16(18,19)17(20,21)22/h3-10H,2H2,1H3,(H3,23,24). The Morgan fingerprint density at radius 2 is 1.56 bits per heavy atom. The number of hydrogen-bond acceptors (Lipinski definition) is 1. The van der Waals surface area contributed by atoms with Crippen molar-refractivity contribution < 1.29 is 22.0 Å². The van der Waals surface area contributed by atoms with Crippen molar-refractivity contribution in [1.82, 2.24) is 0 Å². The number of halogens is 5. The zero-order valence-corrected chi connectivity index (χ0v) is 13.2. The van der Waals surface area contributed by atoms with Crippen LogP contribution >= 0.6 is 0 Å². The molecule has 0 aliphatic heterocycles. The molecule has 25 heavy (non-hydrogen) atoms. The van der Waals surface area contributed by atoms with Crippen LogP contribution in [0.2, 0.25) is 0 Å². The van der Waals surface area contributed by atoms with Crippen molar-refractivity contribution in [1.29, 1.82) is 5.41 Å². The van der Waals surface area contributed by atoms with Crippen molar-refractivity contribution in [3.8, 4) is 0 Å². The smallest absolute Gasteiger partial charge is 0.369 e. The molecule has 0 spiro atoms. The average Bonchev–Trinajstić information content (AvgIpc) is 2.54. The van der Waals surface area contributed by atoms with Gasteiger partial charge in [0.15, 0.2) is 5.96 Å². The van der Waals surface area contributed by atoms with Crippen LogP contribution in [0.5, 0.6) is 0 Å². The molecule has 0 aliphatic rings. The van der Waals surface area contributed by atoms with Crippen LogP contribution in [0.15, 0.2) is 48.5 Å². The number of benzene rings is 2. The van der Waals surface area contributed by atoms with Crippen LogP contribution in [0.1, 0.15) is 18.1 Å². The molecule has 0 heterocycles. The fourth-order valence-corrected chi connectivity index (χ4v) is 2.35. The van der Waals surface area contributed by atoms with Crippen LogP contribution in [0.25, 0.3) is 0 Å². The summed E-state index contributed by atoms with van der Waals surface area (Å²) in [6.07, 6.45) is -5.03. The van der Waals surface area contributed by atoms with E-state index in [1.165, 1.54) is 6.07 Å². The lowest BCUT2D eigenvalue weighted by Crippen LogP contribution is -2.35. The maximum absolute atomic E-state index is 13.6. The van der Waals surface area contributed by atoms with Gasteiger partial charge in [0, 0.05) is 16.9 Å². The second kappa shape index (κ2) is 6.70. The highest BCUT2D eigenvalue weighted by Crippen LogP contribution is 2.44. The first-order valence-electron chi connectivity index (χ1n) is 7.36. The number of nitrogens with two attached hydrogens (primary N) is 1. The number of anilines is 2. The van der Waals surface area contributed by atoms with Gasteiger partial charge in [-0.25, -0.2) is 0 Å². The number of rotatable bonds is 4. The number of aryl methyl sites for hydroxylation is 1. The second-order valence-corrected chi connectivity index (χ2v) is 5.37. The fraction of sp³-hybridized carbons (Fsp3) is 0.235. The van der Waals surface area contributed by atoms with Crippen LogP contribution in [0.3, 0.4) is 0 Å². The highest BCUT2D eigenvalue weighted by Gasteiger charge is 2.58. The monoisotopic (exact) mass is 357 g/mol. The van der Waals surface area contributed by atoms with E-state index in [1.807, 2.05) is 13.0 Å². The minimum atomic E-state index is -5.71. The summed E-state index contributed by atoms with van der Waals surface area (Å²) in [5.74, 6) is -5.50. The van der Waals surface area contributed by atoms with Crippen molar-refractivity contribution >= 4 is 17.3 Å². The van der Waals surface area contributed by atoms with Gasteiger partial charge in [-0.3, -0.25) is 10.3 Å². The summed E-state index contributed by atoms with van der Waals surface area (Å²) >= 11 is 0. The van der Waals surface area contributed by atoms with E-state index < -0.39 is 23.6 Å². The normalized spacial score (nSPS) is 12.1. The molecule has 0 aromatic heterocycles. The summed E-state index contributed by atoms with van der Waals surface area (Å²) in [5, 5.41) is 7.70. The average molecular weight is 357 g/mol. The van der Waals surface area contributed by atoms with Crippen LogP contribution in [0.4, 0.5) is 33.3 Å². The van der Waals surface area contributed by atoms with Gasteiger partial charge in [0.25, 0.3) is 0 Å². The third-order valence-electron chi connectivity index (χ3n) is 3.64. The molecule has 2 aromatic rings. The Hall–Kier alpha value is -2.64. The third kappa shape index (κ3) is 3.72. The summed E-state index contributed by atoms with van der Waals surface area (Å²) in [6.45, 7) is 1.90. The Kier molecular flexibility index (Phi) is 5.01. The number of hydrogen-bond donors (Lipinski definition) is 2. The molecule has 0 amide bonds. The van der Waals surface area contributed by atoms with Gasteiger partial charge >= 0.3 is 12.1 Å². The Morgan fingerprint density at radius 3 is 2.08 bits per heavy atom. The Bertz CT molecular complexity index is 771. The molecule has 0 bridgehead atoms. The molecule has 0 fully saturated rings. The summed E-state index contributed by atoms with van der Waals surface area (Å²) in [4.78, 5) is 1.11. The molecule has 0 saturated carbocycles. The lowest BCUT2D eigenvalue weighted by molar-refractivity contribution is -0.289. The van der Waals surface area contributed by atoms with Crippen molar-refractivity contribution in [2.75, 3.05) is 4.90 Å². The van der Waals surface area contributed by atoms with Gasteiger partial charge in [0.05, 0.1) is 0 Å². The molecule has 0 unspecified atom stereocenters. The highest BCUT2D eigenvalue weighted by atomic mass is 19.4. The number of guanidine groups is 1. The molecule has 2 rings (SSSR count). The second-order valence-electron chi connectivity index (χ2n) is 5.37. The summed E-state index contributed by atoms with van der Waals surface area (Å²) in [7, 11) is 0. The van der Waals surface area contributed by atoms with E-state index in [-0.39, 0.29) is 5.69 Å². The van der Waals surface area contributed by atoms with Crippen LogP contribution in [0, 0.1) is 5.41 Å². The first-order valence-corrected chi connectivity index (χ1v) is 7.36. The molecular weight excluding hydrogens is 341 g/mol. The zero-order chi connectivity index (χ0) is 18.8. The van der Waals surface area contributed by atoms with Crippen molar-refractivity contribution in [2.24, 2.45) is 5.73 Å². The van der Waals surface area contributed by atoms with E-state index in [9.17, 15) is 22.0 Å². The van der Waals surface area contributed by atoms with Crippen LogP contribution < -0.4 is 10.6 Å². The summed E-state index contributed by atoms with van der Waals surface area (Å²) < 4.78 is 65.0. The molecule has 0 atom stereocenters. The predicted molar refractivity (Wildman–Crippen MR) is 86.3 cm³/mol. The molecule has 3 N–H and O–H groups in total. The minimum absolute atomic E-state index is 0.0535. The fourth-order valence-electron chi connectivity index (χ4n) is 2.35.